The van der Waals surface area contributed by atoms with E-state index in [2.05, 4.69) is 10.6 Å². The molecule has 1 unspecified atom stereocenters. The zero-order valence-corrected chi connectivity index (χ0v) is 13.3. The molecule has 0 radical (unpaired) electrons. The minimum Gasteiger partial charge on any atom is -0.497 e. The van der Waals surface area contributed by atoms with Crippen molar-refractivity contribution in [2.45, 2.75) is 52.2 Å². The lowest BCUT2D eigenvalue weighted by atomic mass is 10.1. The van der Waals surface area contributed by atoms with Crippen LogP contribution in [0.3, 0.4) is 0 Å². The van der Waals surface area contributed by atoms with Gasteiger partial charge in [0.2, 0.25) is 5.91 Å². The van der Waals surface area contributed by atoms with Crippen molar-refractivity contribution in [3.05, 3.63) is 29.8 Å². The molecule has 0 spiro atoms. The maximum atomic E-state index is 12.1. The van der Waals surface area contributed by atoms with Crippen LogP contribution in [-0.4, -0.2) is 24.6 Å². The SMILES string of the molecule is COc1cccc([C@H](C)NC(C)C(=O)NC(C)(C)C)c1. The van der Waals surface area contributed by atoms with Gasteiger partial charge in [-0.25, -0.2) is 0 Å². The second kappa shape index (κ2) is 6.75. The van der Waals surface area contributed by atoms with Gasteiger partial charge >= 0.3 is 0 Å². The fourth-order valence-electron chi connectivity index (χ4n) is 1.94. The van der Waals surface area contributed by atoms with E-state index in [1.807, 2.05) is 58.9 Å². The van der Waals surface area contributed by atoms with Crippen LogP contribution in [0, 0.1) is 0 Å². The highest BCUT2D eigenvalue weighted by Crippen LogP contribution is 2.19. The van der Waals surface area contributed by atoms with Crippen LogP contribution in [0.15, 0.2) is 24.3 Å². The van der Waals surface area contributed by atoms with Gasteiger partial charge in [0, 0.05) is 11.6 Å². The Labute approximate surface area is 121 Å². The molecule has 4 heteroatoms. The van der Waals surface area contributed by atoms with Crippen LogP contribution in [0.1, 0.15) is 46.2 Å². The van der Waals surface area contributed by atoms with Crippen molar-refractivity contribution >= 4 is 5.91 Å². The predicted octanol–water partition coefficient (Wildman–Crippen LogP) is 2.65. The molecular weight excluding hydrogens is 252 g/mol. The van der Waals surface area contributed by atoms with Crippen LogP contribution in [0.5, 0.6) is 5.75 Å². The Bertz CT molecular complexity index is 452. The summed E-state index contributed by atoms with van der Waals surface area (Å²) in [6.45, 7) is 9.84. The molecule has 0 heterocycles. The molecule has 0 saturated heterocycles. The lowest BCUT2D eigenvalue weighted by molar-refractivity contribution is -0.124. The van der Waals surface area contributed by atoms with E-state index in [1.165, 1.54) is 0 Å². The van der Waals surface area contributed by atoms with Gasteiger partial charge in [-0.2, -0.15) is 0 Å². The Morgan fingerprint density at radius 2 is 1.90 bits per heavy atom. The monoisotopic (exact) mass is 278 g/mol. The van der Waals surface area contributed by atoms with Crippen molar-refractivity contribution in [1.82, 2.24) is 10.6 Å². The average molecular weight is 278 g/mol. The smallest absolute Gasteiger partial charge is 0.237 e. The molecule has 1 aromatic rings. The Hall–Kier alpha value is -1.55. The molecule has 112 valence electrons. The number of ether oxygens (including phenoxy) is 1. The average Bonchev–Trinajstić information content (AvgIpc) is 2.36. The van der Waals surface area contributed by atoms with Gasteiger partial charge in [-0.05, 0) is 52.3 Å². The van der Waals surface area contributed by atoms with Crippen LogP contribution in [0.25, 0.3) is 0 Å². The molecule has 2 N–H and O–H groups in total. The molecule has 4 nitrogen and oxygen atoms in total. The van der Waals surface area contributed by atoms with Crippen molar-refractivity contribution in [1.29, 1.82) is 0 Å². The Morgan fingerprint density at radius 3 is 2.45 bits per heavy atom. The number of methoxy groups -OCH3 is 1. The maximum Gasteiger partial charge on any atom is 0.237 e. The van der Waals surface area contributed by atoms with Crippen LogP contribution < -0.4 is 15.4 Å². The first-order chi connectivity index (χ1) is 9.23. The molecule has 2 atom stereocenters. The lowest BCUT2D eigenvalue weighted by Gasteiger charge is -2.25. The molecule has 0 aromatic heterocycles. The fourth-order valence-corrected chi connectivity index (χ4v) is 1.94. The van der Waals surface area contributed by atoms with Crippen LogP contribution in [0.2, 0.25) is 0 Å². The fraction of sp³-hybridized carbons (Fsp3) is 0.562. The summed E-state index contributed by atoms with van der Waals surface area (Å²) in [7, 11) is 1.65. The summed E-state index contributed by atoms with van der Waals surface area (Å²) in [6, 6.07) is 7.68. The van der Waals surface area contributed by atoms with Crippen molar-refractivity contribution in [3.63, 3.8) is 0 Å². The molecule has 1 aromatic carbocycles. The molecule has 0 saturated carbocycles. The predicted molar refractivity (Wildman–Crippen MR) is 81.9 cm³/mol. The number of hydrogen-bond acceptors (Lipinski definition) is 3. The van der Waals surface area contributed by atoms with Crippen molar-refractivity contribution in [2.75, 3.05) is 7.11 Å². The van der Waals surface area contributed by atoms with E-state index in [9.17, 15) is 4.79 Å². The van der Waals surface area contributed by atoms with Gasteiger partial charge in [-0.3, -0.25) is 10.1 Å². The Morgan fingerprint density at radius 1 is 1.25 bits per heavy atom. The van der Waals surface area contributed by atoms with Gasteiger partial charge in [0.05, 0.1) is 13.2 Å². The molecule has 0 aliphatic rings. The van der Waals surface area contributed by atoms with Crippen molar-refractivity contribution in [2.24, 2.45) is 0 Å². The standard InChI is InChI=1S/C16H26N2O2/c1-11(13-8-7-9-14(10-13)20-6)17-12(2)15(19)18-16(3,4)5/h7-12,17H,1-6H3,(H,18,19)/t11-,12?/m0/s1. The summed E-state index contributed by atoms with van der Waals surface area (Å²) in [5.74, 6) is 0.829. The van der Waals surface area contributed by atoms with E-state index in [0.29, 0.717) is 0 Å². The second-order valence-electron chi connectivity index (χ2n) is 6.13. The van der Waals surface area contributed by atoms with Gasteiger partial charge in [-0.15, -0.1) is 0 Å². The van der Waals surface area contributed by atoms with E-state index < -0.39 is 0 Å². The number of carbonyl (C=O) groups is 1. The summed E-state index contributed by atoms with van der Waals surface area (Å²) >= 11 is 0. The number of carbonyl (C=O) groups excluding carboxylic acids is 1. The Kier molecular flexibility index (Phi) is 5.57. The number of nitrogens with one attached hydrogen (secondary N) is 2. The van der Waals surface area contributed by atoms with Crippen molar-refractivity contribution < 1.29 is 9.53 Å². The highest BCUT2D eigenvalue weighted by molar-refractivity contribution is 5.81. The van der Waals surface area contributed by atoms with E-state index in [1.54, 1.807) is 7.11 Å². The first-order valence-electron chi connectivity index (χ1n) is 6.95. The molecule has 1 rings (SSSR count). The molecular formula is C16H26N2O2. The van der Waals surface area contributed by atoms with Crippen molar-refractivity contribution in [3.8, 4) is 5.75 Å². The minimum absolute atomic E-state index is 0.00671. The van der Waals surface area contributed by atoms with E-state index >= 15 is 0 Å². The second-order valence-corrected chi connectivity index (χ2v) is 6.13. The van der Waals surface area contributed by atoms with Crippen LogP contribution in [0.4, 0.5) is 0 Å². The third kappa shape index (κ3) is 5.21. The first-order valence-corrected chi connectivity index (χ1v) is 6.95. The van der Waals surface area contributed by atoms with E-state index in [0.717, 1.165) is 11.3 Å². The van der Waals surface area contributed by atoms with Crippen LogP contribution >= 0.6 is 0 Å². The number of amides is 1. The summed E-state index contributed by atoms with van der Waals surface area (Å²) in [5, 5.41) is 6.27. The van der Waals surface area contributed by atoms with Gasteiger partial charge in [0.15, 0.2) is 0 Å². The quantitative estimate of drug-likeness (QED) is 0.870. The molecule has 20 heavy (non-hydrogen) atoms. The Balaban J connectivity index is 2.65. The molecule has 0 aliphatic heterocycles. The molecule has 0 fully saturated rings. The number of benzene rings is 1. The number of hydrogen-bond donors (Lipinski definition) is 2. The van der Waals surface area contributed by atoms with E-state index in [4.69, 9.17) is 4.74 Å². The molecule has 1 amide bonds. The molecule has 0 bridgehead atoms. The topological polar surface area (TPSA) is 50.4 Å². The van der Waals surface area contributed by atoms with Gasteiger partial charge in [0.1, 0.15) is 5.75 Å². The summed E-state index contributed by atoms with van der Waals surface area (Å²) in [6.07, 6.45) is 0. The highest BCUT2D eigenvalue weighted by atomic mass is 16.5. The third-order valence-electron chi connectivity index (χ3n) is 2.99. The van der Waals surface area contributed by atoms with E-state index in [-0.39, 0.29) is 23.5 Å². The summed E-state index contributed by atoms with van der Waals surface area (Å²) in [5.41, 5.74) is 0.881. The zero-order chi connectivity index (χ0) is 15.3. The highest BCUT2D eigenvalue weighted by Gasteiger charge is 2.20. The normalized spacial score (nSPS) is 14.5. The minimum atomic E-state index is -0.254. The molecule has 0 aliphatic carbocycles. The largest absolute Gasteiger partial charge is 0.497 e. The maximum absolute atomic E-state index is 12.1. The van der Waals surface area contributed by atoms with Gasteiger partial charge < -0.3 is 10.1 Å². The first kappa shape index (κ1) is 16.5. The van der Waals surface area contributed by atoms with Gasteiger partial charge in [0.25, 0.3) is 0 Å². The number of rotatable bonds is 5. The van der Waals surface area contributed by atoms with Gasteiger partial charge in [-0.1, -0.05) is 12.1 Å². The summed E-state index contributed by atoms with van der Waals surface area (Å²) in [4.78, 5) is 12.1. The summed E-state index contributed by atoms with van der Waals surface area (Å²) < 4.78 is 5.22. The third-order valence-corrected chi connectivity index (χ3v) is 2.99. The lowest BCUT2D eigenvalue weighted by Crippen LogP contribution is -2.49. The zero-order valence-electron chi connectivity index (χ0n) is 13.3. The van der Waals surface area contributed by atoms with Crippen LogP contribution in [-0.2, 0) is 4.79 Å².